The molecule has 0 aliphatic carbocycles. The summed E-state index contributed by atoms with van der Waals surface area (Å²) in [5.41, 5.74) is 0.154. The van der Waals surface area contributed by atoms with E-state index in [0.29, 0.717) is 31.0 Å². The number of aromatic nitrogens is 2. The molecule has 1 atom stereocenters. The molecule has 1 fully saturated rings. The Balaban J connectivity index is 1.48. The van der Waals surface area contributed by atoms with Crippen molar-refractivity contribution in [3.05, 3.63) is 30.2 Å². The Hall–Kier alpha value is -2.42. The van der Waals surface area contributed by atoms with Gasteiger partial charge in [-0.15, -0.1) is 0 Å². The molecule has 1 aromatic carbocycles. The van der Waals surface area contributed by atoms with Gasteiger partial charge in [-0.05, 0) is 44.0 Å². The molecule has 1 amide bonds. The van der Waals surface area contributed by atoms with Crippen molar-refractivity contribution in [3.63, 3.8) is 0 Å². The van der Waals surface area contributed by atoms with Gasteiger partial charge in [0, 0.05) is 18.4 Å². The molecule has 0 unspecified atom stereocenters. The van der Waals surface area contributed by atoms with Crippen LogP contribution in [0.4, 0.5) is 0 Å². The number of hydrogen-bond acceptors (Lipinski definition) is 7. The maximum absolute atomic E-state index is 12.1. The second kappa shape index (κ2) is 7.67. The van der Waals surface area contributed by atoms with Gasteiger partial charge in [0.1, 0.15) is 5.75 Å². The zero-order chi connectivity index (χ0) is 19.5. The highest BCUT2D eigenvalue weighted by Gasteiger charge is 2.39. The second-order valence-electron chi connectivity index (χ2n) is 7.04. The fourth-order valence-electron chi connectivity index (χ4n) is 3.12. The molecular formula is C18H23N3O5S. The van der Waals surface area contributed by atoms with Crippen LogP contribution in [-0.4, -0.2) is 48.6 Å². The average Bonchev–Trinajstić information content (AvgIpc) is 3.19. The van der Waals surface area contributed by atoms with E-state index in [0.717, 1.165) is 11.3 Å². The summed E-state index contributed by atoms with van der Waals surface area (Å²) in [7, 11) is -1.45. The van der Waals surface area contributed by atoms with Crippen molar-refractivity contribution in [1.82, 2.24) is 15.5 Å². The Labute approximate surface area is 158 Å². The van der Waals surface area contributed by atoms with Gasteiger partial charge in [0.05, 0.1) is 24.2 Å². The molecule has 1 aromatic heterocycles. The van der Waals surface area contributed by atoms with Crippen LogP contribution in [0.5, 0.6) is 5.75 Å². The van der Waals surface area contributed by atoms with E-state index in [4.69, 9.17) is 9.26 Å². The Morgan fingerprint density at radius 1 is 1.33 bits per heavy atom. The molecular weight excluding hydrogens is 370 g/mol. The molecule has 146 valence electrons. The summed E-state index contributed by atoms with van der Waals surface area (Å²) >= 11 is 0. The van der Waals surface area contributed by atoms with E-state index in [9.17, 15) is 13.2 Å². The molecule has 0 radical (unpaired) electrons. The predicted octanol–water partition coefficient (Wildman–Crippen LogP) is 1.76. The van der Waals surface area contributed by atoms with Gasteiger partial charge in [-0.1, -0.05) is 5.16 Å². The normalized spacial score (nSPS) is 21.1. The zero-order valence-electron chi connectivity index (χ0n) is 15.4. The van der Waals surface area contributed by atoms with Gasteiger partial charge >= 0.3 is 0 Å². The predicted molar refractivity (Wildman–Crippen MR) is 99.0 cm³/mol. The Bertz CT molecular complexity index is 907. The fourth-order valence-corrected chi connectivity index (χ4v) is 5.22. The number of rotatable bonds is 7. The second-order valence-corrected chi connectivity index (χ2v) is 9.23. The van der Waals surface area contributed by atoms with Crippen LogP contribution in [0, 0.1) is 0 Å². The lowest BCUT2D eigenvalue weighted by molar-refractivity contribution is -0.122. The third kappa shape index (κ3) is 5.06. The summed E-state index contributed by atoms with van der Waals surface area (Å²) in [5.74, 6) is 1.66. The summed E-state index contributed by atoms with van der Waals surface area (Å²) in [5, 5.41) is 6.80. The molecule has 0 spiro atoms. The number of sulfone groups is 1. The van der Waals surface area contributed by atoms with Gasteiger partial charge in [-0.2, -0.15) is 4.98 Å². The first-order valence-electron chi connectivity index (χ1n) is 8.77. The number of nitrogens with one attached hydrogen (secondary N) is 1. The lowest BCUT2D eigenvalue weighted by Crippen LogP contribution is -2.46. The summed E-state index contributed by atoms with van der Waals surface area (Å²) in [6, 6.07) is 7.33. The topological polar surface area (TPSA) is 111 Å². The van der Waals surface area contributed by atoms with E-state index in [2.05, 4.69) is 15.5 Å². The van der Waals surface area contributed by atoms with Crippen LogP contribution < -0.4 is 10.1 Å². The monoisotopic (exact) mass is 393 g/mol. The maximum atomic E-state index is 12.1. The lowest BCUT2D eigenvalue weighted by Gasteiger charge is -2.23. The van der Waals surface area contributed by atoms with E-state index in [1.54, 1.807) is 14.0 Å². The largest absolute Gasteiger partial charge is 0.497 e. The van der Waals surface area contributed by atoms with Crippen molar-refractivity contribution in [2.45, 2.75) is 38.1 Å². The van der Waals surface area contributed by atoms with Gasteiger partial charge < -0.3 is 14.6 Å². The van der Waals surface area contributed by atoms with Gasteiger partial charge in [0.25, 0.3) is 0 Å². The smallest absolute Gasteiger partial charge is 0.226 e. The quantitative estimate of drug-likeness (QED) is 0.763. The van der Waals surface area contributed by atoms with Crippen molar-refractivity contribution in [3.8, 4) is 17.1 Å². The Morgan fingerprint density at radius 3 is 2.70 bits per heavy atom. The van der Waals surface area contributed by atoms with Crippen LogP contribution in [0.3, 0.4) is 0 Å². The number of aryl methyl sites for hydroxylation is 1. The lowest BCUT2D eigenvalue weighted by atomic mass is 10.0. The minimum absolute atomic E-state index is 0.000616. The maximum Gasteiger partial charge on any atom is 0.226 e. The fraction of sp³-hybridized carbons (Fsp3) is 0.500. The highest BCUT2D eigenvalue weighted by atomic mass is 32.2. The third-order valence-corrected chi connectivity index (χ3v) is 6.46. The number of ether oxygens (including phenoxy) is 1. The molecule has 2 aromatic rings. The van der Waals surface area contributed by atoms with Crippen molar-refractivity contribution >= 4 is 15.7 Å². The average molecular weight is 393 g/mol. The molecule has 1 aliphatic rings. The van der Waals surface area contributed by atoms with E-state index >= 15 is 0 Å². The van der Waals surface area contributed by atoms with Crippen LogP contribution in [0.2, 0.25) is 0 Å². The van der Waals surface area contributed by atoms with Crippen molar-refractivity contribution in [1.29, 1.82) is 0 Å². The zero-order valence-corrected chi connectivity index (χ0v) is 16.2. The highest BCUT2D eigenvalue weighted by molar-refractivity contribution is 7.91. The molecule has 1 N–H and O–H groups in total. The molecule has 1 saturated heterocycles. The molecule has 0 saturated carbocycles. The first-order chi connectivity index (χ1) is 12.8. The van der Waals surface area contributed by atoms with Gasteiger partial charge in [-0.25, -0.2) is 8.42 Å². The van der Waals surface area contributed by atoms with E-state index in [1.165, 1.54) is 0 Å². The SMILES string of the molecule is COc1ccc(-c2noc(CCCC(=O)N[C@@]3(C)CCS(=O)(=O)C3)n2)cc1. The number of amides is 1. The number of hydrogen-bond donors (Lipinski definition) is 1. The highest BCUT2D eigenvalue weighted by Crippen LogP contribution is 2.23. The van der Waals surface area contributed by atoms with Crippen molar-refractivity contribution < 1.29 is 22.5 Å². The summed E-state index contributed by atoms with van der Waals surface area (Å²) in [6.07, 6.45) is 1.75. The number of carbonyl (C=O) groups excluding carboxylic acids is 1. The molecule has 8 nitrogen and oxygen atoms in total. The number of carbonyl (C=O) groups is 1. The molecule has 9 heteroatoms. The number of methoxy groups -OCH3 is 1. The molecule has 2 heterocycles. The van der Waals surface area contributed by atoms with Gasteiger partial charge in [-0.3, -0.25) is 4.79 Å². The number of benzene rings is 1. The van der Waals surface area contributed by atoms with Crippen LogP contribution in [0.15, 0.2) is 28.8 Å². The van der Waals surface area contributed by atoms with Gasteiger partial charge in [0.2, 0.25) is 17.6 Å². The minimum atomic E-state index is -3.05. The van der Waals surface area contributed by atoms with Gasteiger partial charge in [0.15, 0.2) is 9.84 Å². The van der Waals surface area contributed by atoms with Crippen LogP contribution in [0.1, 0.15) is 32.1 Å². The molecule has 0 bridgehead atoms. The van der Waals surface area contributed by atoms with E-state index < -0.39 is 15.4 Å². The van der Waals surface area contributed by atoms with E-state index in [-0.39, 0.29) is 23.8 Å². The Morgan fingerprint density at radius 2 is 2.07 bits per heavy atom. The summed E-state index contributed by atoms with van der Waals surface area (Å²) < 4.78 is 33.5. The summed E-state index contributed by atoms with van der Waals surface area (Å²) in [6.45, 7) is 1.77. The van der Waals surface area contributed by atoms with Crippen LogP contribution >= 0.6 is 0 Å². The first-order valence-corrected chi connectivity index (χ1v) is 10.6. The first kappa shape index (κ1) is 19.3. The third-order valence-electron chi connectivity index (χ3n) is 4.56. The standard InChI is InChI=1S/C18H23N3O5S/c1-18(10-11-27(23,24)12-18)20-15(22)4-3-5-16-19-17(21-26-16)13-6-8-14(25-2)9-7-13/h6-9H,3-5,10-12H2,1-2H3,(H,20,22)/t18-/m0/s1. The van der Waals surface area contributed by atoms with Crippen molar-refractivity contribution in [2.75, 3.05) is 18.6 Å². The van der Waals surface area contributed by atoms with Crippen molar-refractivity contribution in [2.24, 2.45) is 0 Å². The molecule has 3 rings (SSSR count). The minimum Gasteiger partial charge on any atom is -0.497 e. The molecule has 27 heavy (non-hydrogen) atoms. The van der Waals surface area contributed by atoms with Crippen LogP contribution in [-0.2, 0) is 21.1 Å². The summed E-state index contributed by atoms with van der Waals surface area (Å²) in [4.78, 5) is 16.4. The Kier molecular flexibility index (Phi) is 5.50. The number of nitrogens with zero attached hydrogens (tertiary/aromatic N) is 2. The molecule has 1 aliphatic heterocycles. The van der Waals surface area contributed by atoms with E-state index in [1.807, 2.05) is 24.3 Å². The van der Waals surface area contributed by atoms with Crippen LogP contribution in [0.25, 0.3) is 11.4 Å².